The minimum Gasteiger partial charge on any atom is -0.515 e. The van der Waals surface area contributed by atoms with E-state index in [1.165, 1.54) is 34.1 Å². The van der Waals surface area contributed by atoms with Crippen LogP contribution >= 0.6 is 0 Å². The predicted octanol–water partition coefficient (Wildman–Crippen LogP) is 8.45. The zero-order valence-corrected chi connectivity index (χ0v) is 25.2. The first kappa shape index (κ1) is 28.8. The average molecular weight is 565 g/mol. The fourth-order valence-electron chi connectivity index (χ4n) is 6.21. The largest absolute Gasteiger partial charge is 2.00 e. The van der Waals surface area contributed by atoms with E-state index in [9.17, 15) is 5.11 Å². The summed E-state index contributed by atoms with van der Waals surface area (Å²) >= 11 is 0. The third-order valence-corrected chi connectivity index (χ3v) is 8.43. The van der Waals surface area contributed by atoms with E-state index in [1.54, 1.807) is 0 Å². The molecule has 0 saturated carbocycles. The summed E-state index contributed by atoms with van der Waals surface area (Å²) in [7, 11) is 0. The van der Waals surface area contributed by atoms with Gasteiger partial charge in [0.25, 0.3) is 0 Å². The van der Waals surface area contributed by atoms with Crippen LogP contribution < -0.4 is 0 Å². The maximum Gasteiger partial charge on any atom is 2.00 e. The molecule has 4 aliphatic heterocycles. The molecule has 6 heteroatoms. The fourth-order valence-corrected chi connectivity index (χ4v) is 6.21. The molecule has 0 fully saturated rings. The van der Waals surface area contributed by atoms with Crippen molar-refractivity contribution in [2.75, 3.05) is 0 Å². The van der Waals surface area contributed by atoms with Crippen LogP contribution in [0.1, 0.15) is 90.2 Å². The molecule has 0 radical (unpaired) electrons. The van der Waals surface area contributed by atoms with Crippen molar-refractivity contribution in [1.29, 1.82) is 0 Å². The number of aliphatic imine (C=N–C) groups is 3. The molecule has 1 aromatic heterocycles. The molecule has 0 atom stereocenters. The number of nitrogens with one attached hydrogen (secondary N) is 1. The summed E-state index contributed by atoms with van der Waals surface area (Å²) in [6.45, 7) is 17.3. The Morgan fingerprint density at radius 1 is 0.667 bits per heavy atom. The van der Waals surface area contributed by atoms with Gasteiger partial charge in [0.1, 0.15) is 0 Å². The summed E-state index contributed by atoms with van der Waals surface area (Å²) in [6, 6.07) is 0. The number of aliphatic hydroxyl groups is 1. The van der Waals surface area contributed by atoms with Crippen LogP contribution in [-0.2, 0) is 22.9 Å². The van der Waals surface area contributed by atoms with Gasteiger partial charge in [0, 0.05) is 11.4 Å². The molecule has 0 spiro atoms. The van der Waals surface area contributed by atoms with Crippen LogP contribution in [0.25, 0.3) is 12.2 Å². The van der Waals surface area contributed by atoms with Gasteiger partial charge in [-0.25, -0.2) is 15.0 Å². The minimum atomic E-state index is 0. The fraction of sp³-hybridized carbons (Fsp3) is 0.364. The summed E-state index contributed by atoms with van der Waals surface area (Å²) in [5.74, 6) is 0. The number of H-pyrrole nitrogens is 1. The first-order valence-electron chi connectivity index (χ1n) is 13.9. The van der Waals surface area contributed by atoms with E-state index < -0.39 is 0 Å². The molecule has 0 unspecified atom stereocenters. The van der Waals surface area contributed by atoms with Crippen LogP contribution in [0.5, 0.6) is 0 Å². The van der Waals surface area contributed by atoms with E-state index in [4.69, 9.17) is 15.0 Å². The van der Waals surface area contributed by atoms with Crippen molar-refractivity contribution < 1.29 is 21.6 Å². The summed E-state index contributed by atoms with van der Waals surface area (Å²) in [4.78, 5) is 19.0. The Labute approximate surface area is 242 Å². The molecule has 2 N–H and O–H groups in total. The molecule has 5 rings (SSSR count). The van der Waals surface area contributed by atoms with Gasteiger partial charge >= 0.3 is 16.5 Å². The van der Waals surface area contributed by atoms with E-state index in [0.29, 0.717) is 5.57 Å². The number of allylic oxidation sites excluding steroid dienone is 8. The van der Waals surface area contributed by atoms with Crippen molar-refractivity contribution in [3.63, 3.8) is 0 Å². The monoisotopic (exact) mass is 564 g/mol. The van der Waals surface area contributed by atoms with Crippen molar-refractivity contribution in [3.05, 3.63) is 91.0 Å². The summed E-state index contributed by atoms with van der Waals surface area (Å²) in [5, 5.41) is 10.6. The molecule has 8 bridgehead atoms. The average Bonchev–Trinajstić information content (AvgIpc) is 3.57. The van der Waals surface area contributed by atoms with Crippen molar-refractivity contribution in [2.45, 2.75) is 81.1 Å². The Hall–Kier alpha value is -3.24. The van der Waals surface area contributed by atoms with Gasteiger partial charge in [0.05, 0.1) is 46.1 Å². The van der Waals surface area contributed by atoms with Crippen LogP contribution in [0.15, 0.2) is 83.4 Å². The van der Waals surface area contributed by atoms with Crippen molar-refractivity contribution >= 4 is 29.3 Å². The Morgan fingerprint density at radius 2 is 1.26 bits per heavy atom. The standard InChI is InChI=1S/C33H38N4O.Ni/c1-9-21-18(6)27-14-31-23(11-3)20(8)32(37-31)25(16-38)33-24(12-4)19(7)28(36-33)15-30-22(10-2)17(5)26(34-30)13-29(21)35-27;/h13-16,35,38H,9-12H2,1-8H3;/q;+2/b25-16-,26-13?,28-15?,31-14?;. The van der Waals surface area contributed by atoms with Crippen LogP contribution in [0.2, 0.25) is 0 Å². The number of hydrogen-bond acceptors (Lipinski definition) is 4. The van der Waals surface area contributed by atoms with Gasteiger partial charge < -0.3 is 10.1 Å². The summed E-state index contributed by atoms with van der Waals surface area (Å²) < 4.78 is 0. The van der Waals surface area contributed by atoms with Gasteiger partial charge in [0.2, 0.25) is 0 Å². The van der Waals surface area contributed by atoms with Crippen molar-refractivity contribution in [2.24, 2.45) is 15.0 Å². The zero-order chi connectivity index (χ0) is 27.3. The van der Waals surface area contributed by atoms with Crippen LogP contribution in [0.3, 0.4) is 0 Å². The topological polar surface area (TPSA) is 73.1 Å². The van der Waals surface area contributed by atoms with Gasteiger partial charge in [-0.15, -0.1) is 0 Å². The van der Waals surface area contributed by atoms with Crippen LogP contribution in [-0.4, -0.2) is 27.2 Å². The quantitative estimate of drug-likeness (QED) is 0.279. The number of hydrogen-bond donors (Lipinski definition) is 2. The van der Waals surface area contributed by atoms with Crippen LogP contribution in [0, 0.1) is 6.92 Å². The summed E-state index contributed by atoms with van der Waals surface area (Å²) in [6.07, 6.45) is 11.2. The third kappa shape index (κ3) is 4.53. The molecule has 0 aliphatic carbocycles. The molecule has 5 heterocycles. The second-order valence-electron chi connectivity index (χ2n) is 10.3. The predicted molar refractivity (Wildman–Crippen MR) is 161 cm³/mol. The van der Waals surface area contributed by atoms with Crippen LogP contribution in [0.4, 0.5) is 0 Å². The van der Waals surface area contributed by atoms with Crippen molar-refractivity contribution in [3.8, 4) is 0 Å². The first-order valence-corrected chi connectivity index (χ1v) is 13.9. The molecular weight excluding hydrogens is 527 g/mol. The molecule has 0 saturated heterocycles. The SMILES string of the molecule is CCC1=C(C)C2=NC1=Cc1[nH]c(c(CC)c1C)C=C1N=C(C=C3N=C(C(CC)=C3C)/C2=C\O)C(CC)=C1C.[Ni+2]. The molecular formula is C33H38N4NiO+2. The smallest absolute Gasteiger partial charge is 0.515 e. The molecule has 204 valence electrons. The van der Waals surface area contributed by atoms with Crippen molar-refractivity contribution in [1.82, 2.24) is 4.98 Å². The van der Waals surface area contributed by atoms with E-state index in [2.05, 4.69) is 78.6 Å². The van der Waals surface area contributed by atoms with E-state index in [0.717, 1.165) is 88.0 Å². The first-order chi connectivity index (χ1) is 18.3. The van der Waals surface area contributed by atoms with E-state index in [1.807, 2.05) is 0 Å². The number of fused-ring (bicyclic) bond motifs is 5. The Kier molecular flexibility index (Phi) is 8.18. The minimum absolute atomic E-state index is 0. The van der Waals surface area contributed by atoms with E-state index in [-0.39, 0.29) is 16.5 Å². The zero-order valence-electron chi connectivity index (χ0n) is 24.2. The molecule has 39 heavy (non-hydrogen) atoms. The second-order valence-corrected chi connectivity index (χ2v) is 10.3. The van der Waals surface area contributed by atoms with Gasteiger partial charge in [-0.3, -0.25) is 0 Å². The van der Waals surface area contributed by atoms with E-state index >= 15 is 0 Å². The van der Waals surface area contributed by atoms with Gasteiger partial charge in [-0.05, 0) is 116 Å². The maximum absolute atomic E-state index is 10.6. The maximum atomic E-state index is 10.6. The molecule has 0 amide bonds. The number of aliphatic hydroxyl groups excluding tert-OH is 1. The molecule has 5 nitrogen and oxygen atoms in total. The second kappa shape index (κ2) is 11.1. The van der Waals surface area contributed by atoms with Gasteiger partial charge in [0.15, 0.2) is 0 Å². The van der Waals surface area contributed by atoms with Gasteiger partial charge in [-0.2, -0.15) is 0 Å². The summed E-state index contributed by atoms with van der Waals surface area (Å²) in [5.41, 5.74) is 17.8. The Bertz CT molecular complexity index is 1570. The number of rotatable bonds is 4. The van der Waals surface area contributed by atoms with Gasteiger partial charge in [-0.1, -0.05) is 27.7 Å². The normalized spacial score (nSPS) is 19.7. The Morgan fingerprint density at radius 3 is 1.87 bits per heavy atom. The number of aromatic nitrogens is 1. The molecule has 1 aromatic rings. The number of nitrogens with zero attached hydrogens (tertiary/aromatic N) is 3. The third-order valence-electron chi connectivity index (χ3n) is 8.43. The molecule has 0 aromatic carbocycles. The Balaban J connectivity index is 0.00000353. The number of aromatic amines is 1. The molecule has 4 aliphatic rings.